The van der Waals surface area contributed by atoms with E-state index >= 15 is 0 Å². The quantitative estimate of drug-likeness (QED) is 0.663. The molecule has 0 bridgehead atoms. The Labute approximate surface area is 87.8 Å². The number of amides is 1. The number of hydrogen-bond donors (Lipinski definition) is 2. The number of hydrogen-bond acceptors (Lipinski definition) is 3. The highest BCUT2D eigenvalue weighted by Crippen LogP contribution is 2.27. The van der Waals surface area contributed by atoms with Crippen LogP contribution in [0.2, 0.25) is 0 Å². The fraction of sp³-hybridized carbons (Fsp3) is 0.600. The average Bonchev–Trinajstić information content (AvgIpc) is 2.92. The molecule has 2 unspecified atom stereocenters. The van der Waals surface area contributed by atoms with Gasteiger partial charge < -0.3 is 10.2 Å². The van der Waals surface area contributed by atoms with Crippen molar-refractivity contribution >= 4 is 5.91 Å². The SMILES string of the molecule is O=C(c1cn[nH]c1)N1CC2CNCC2C1. The third kappa shape index (κ3) is 1.43. The van der Waals surface area contributed by atoms with E-state index in [4.69, 9.17) is 0 Å². The normalized spacial score (nSPS) is 29.5. The van der Waals surface area contributed by atoms with Gasteiger partial charge >= 0.3 is 0 Å². The van der Waals surface area contributed by atoms with Crippen molar-refractivity contribution in [1.82, 2.24) is 20.4 Å². The van der Waals surface area contributed by atoms with Gasteiger partial charge in [-0.15, -0.1) is 0 Å². The van der Waals surface area contributed by atoms with E-state index in [9.17, 15) is 4.79 Å². The molecule has 1 aromatic heterocycles. The monoisotopic (exact) mass is 206 g/mol. The van der Waals surface area contributed by atoms with Crippen molar-refractivity contribution in [3.63, 3.8) is 0 Å². The van der Waals surface area contributed by atoms with E-state index < -0.39 is 0 Å². The summed E-state index contributed by atoms with van der Waals surface area (Å²) in [5.74, 6) is 1.42. The molecule has 2 aliphatic rings. The van der Waals surface area contributed by atoms with Crippen LogP contribution in [-0.4, -0.2) is 47.2 Å². The predicted octanol–water partition coefficient (Wildman–Crippen LogP) is -0.299. The van der Waals surface area contributed by atoms with Crippen LogP contribution in [-0.2, 0) is 0 Å². The number of carbonyl (C=O) groups is 1. The van der Waals surface area contributed by atoms with Gasteiger partial charge in [0.2, 0.25) is 0 Å². The van der Waals surface area contributed by atoms with E-state index in [1.807, 2.05) is 4.90 Å². The number of aromatic amines is 1. The summed E-state index contributed by atoms with van der Waals surface area (Å²) in [6, 6.07) is 0. The van der Waals surface area contributed by atoms with Crippen LogP contribution >= 0.6 is 0 Å². The van der Waals surface area contributed by atoms with Crippen molar-refractivity contribution in [2.75, 3.05) is 26.2 Å². The Balaban J connectivity index is 1.72. The Hall–Kier alpha value is -1.36. The zero-order valence-corrected chi connectivity index (χ0v) is 8.44. The summed E-state index contributed by atoms with van der Waals surface area (Å²) in [5, 5.41) is 9.84. The van der Waals surface area contributed by atoms with Crippen LogP contribution in [0.4, 0.5) is 0 Å². The molecule has 0 aromatic carbocycles. The van der Waals surface area contributed by atoms with Gasteiger partial charge in [0.15, 0.2) is 0 Å². The number of H-pyrrole nitrogens is 1. The molecule has 3 heterocycles. The van der Waals surface area contributed by atoms with Gasteiger partial charge in [-0.2, -0.15) is 5.10 Å². The maximum atomic E-state index is 12.0. The summed E-state index contributed by atoms with van der Waals surface area (Å²) in [7, 11) is 0. The molecule has 5 nitrogen and oxygen atoms in total. The summed E-state index contributed by atoms with van der Waals surface area (Å²) in [6.45, 7) is 3.89. The van der Waals surface area contributed by atoms with Gasteiger partial charge in [-0.25, -0.2) is 0 Å². The molecule has 0 saturated carbocycles. The summed E-state index contributed by atoms with van der Waals surface area (Å²) >= 11 is 0. The molecule has 1 aromatic rings. The fourth-order valence-corrected chi connectivity index (χ4v) is 2.57. The number of rotatable bonds is 1. The highest BCUT2D eigenvalue weighted by atomic mass is 16.2. The van der Waals surface area contributed by atoms with Gasteiger partial charge in [0.25, 0.3) is 5.91 Å². The highest BCUT2D eigenvalue weighted by Gasteiger charge is 2.38. The van der Waals surface area contributed by atoms with Crippen molar-refractivity contribution in [3.05, 3.63) is 18.0 Å². The lowest BCUT2D eigenvalue weighted by molar-refractivity contribution is 0.0782. The molecule has 3 rings (SSSR count). The van der Waals surface area contributed by atoms with Crippen LogP contribution in [0.1, 0.15) is 10.4 Å². The third-order valence-electron chi connectivity index (χ3n) is 3.42. The van der Waals surface area contributed by atoms with Crippen LogP contribution in [0, 0.1) is 11.8 Å². The van der Waals surface area contributed by atoms with E-state index in [2.05, 4.69) is 15.5 Å². The van der Waals surface area contributed by atoms with E-state index in [-0.39, 0.29) is 5.91 Å². The molecule has 0 radical (unpaired) electrons. The van der Waals surface area contributed by atoms with E-state index in [0.29, 0.717) is 17.4 Å². The topological polar surface area (TPSA) is 61.0 Å². The number of carbonyl (C=O) groups excluding carboxylic acids is 1. The van der Waals surface area contributed by atoms with Crippen molar-refractivity contribution in [2.45, 2.75) is 0 Å². The number of nitrogens with zero attached hydrogens (tertiary/aromatic N) is 2. The molecule has 2 aliphatic heterocycles. The number of aromatic nitrogens is 2. The zero-order chi connectivity index (χ0) is 10.3. The lowest BCUT2D eigenvalue weighted by Gasteiger charge is -2.16. The first-order chi connectivity index (χ1) is 7.34. The summed E-state index contributed by atoms with van der Waals surface area (Å²) in [5.41, 5.74) is 0.669. The van der Waals surface area contributed by atoms with Crippen molar-refractivity contribution in [1.29, 1.82) is 0 Å². The molecule has 15 heavy (non-hydrogen) atoms. The second-order valence-electron chi connectivity index (χ2n) is 4.38. The Kier molecular flexibility index (Phi) is 1.98. The minimum Gasteiger partial charge on any atom is -0.338 e. The van der Waals surface area contributed by atoms with Crippen molar-refractivity contribution in [3.8, 4) is 0 Å². The smallest absolute Gasteiger partial charge is 0.257 e. The zero-order valence-electron chi connectivity index (χ0n) is 8.44. The minimum atomic E-state index is 0.109. The predicted molar refractivity (Wildman–Crippen MR) is 54.3 cm³/mol. The van der Waals surface area contributed by atoms with Crippen LogP contribution in [0.25, 0.3) is 0 Å². The van der Waals surface area contributed by atoms with Crippen LogP contribution in [0.15, 0.2) is 12.4 Å². The Bertz CT molecular complexity index is 350. The minimum absolute atomic E-state index is 0.109. The van der Waals surface area contributed by atoms with Crippen molar-refractivity contribution in [2.24, 2.45) is 11.8 Å². The standard InChI is InChI=1S/C10H14N4O/c15-10(7-3-12-13-4-7)14-5-8-1-11-2-9(8)6-14/h3-4,8-9,11H,1-2,5-6H2,(H,12,13). The average molecular weight is 206 g/mol. The lowest BCUT2D eigenvalue weighted by atomic mass is 10.0. The molecular formula is C10H14N4O. The van der Waals surface area contributed by atoms with Gasteiger partial charge in [0.05, 0.1) is 11.8 Å². The Morgan fingerprint density at radius 3 is 2.73 bits per heavy atom. The first-order valence-electron chi connectivity index (χ1n) is 5.33. The van der Waals surface area contributed by atoms with E-state index in [1.165, 1.54) is 0 Å². The van der Waals surface area contributed by atoms with Gasteiger partial charge in [0, 0.05) is 32.4 Å². The third-order valence-corrected chi connectivity index (χ3v) is 3.42. The van der Waals surface area contributed by atoms with Gasteiger partial charge in [-0.3, -0.25) is 9.89 Å². The molecular weight excluding hydrogens is 192 g/mol. The van der Waals surface area contributed by atoms with E-state index in [0.717, 1.165) is 26.2 Å². The summed E-state index contributed by atoms with van der Waals surface area (Å²) in [6.07, 6.45) is 3.25. The van der Waals surface area contributed by atoms with Crippen LogP contribution < -0.4 is 5.32 Å². The number of fused-ring (bicyclic) bond motifs is 1. The fourth-order valence-electron chi connectivity index (χ4n) is 2.57. The van der Waals surface area contributed by atoms with Crippen LogP contribution in [0.3, 0.4) is 0 Å². The molecule has 0 aliphatic carbocycles. The van der Waals surface area contributed by atoms with Crippen LogP contribution in [0.5, 0.6) is 0 Å². The molecule has 5 heteroatoms. The van der Waals surface area contributed by atoms with Gasteiger partial charge in [-0.05, 0) is 11.8 Å². The molecule has 2 fully saturated rings. The highest BCUT2D eigenvalue weighted by molar-refractivity contribution is 5.93. The molecule has 1 amide bonds. The molecule has 0 spiro atoms. The second kappa shape index (κ2) is 3.34. The first-order valence-corrected chi connectivity index (χ1v) is 5.33. The van der Waals surface area contributed by atoms with E-state index in [1.54, 1.807) is 12.4 Å². The number of nitrogens with one attached hydrogen (secondary N) is 2. The maximum absolute atomic E-state index is 12.0. The number of likely N-dealkylation sites (tertiary alicyclic amines) is 1. The Morgan fingerprint density at radius 2 is 2.13 bits per heavy atom. The van der Waals surface area contributed by atoms with Crippen molar-refractivity contribution < 1.29 is 4.79 Å². The molecule has 2 N–H and O–H groups in total. The molecule has 2 atom stereocenters. The van der Waals surface area contributed by atoms with Gasteiger partial charge in [-0.1, -0.05) is 0 Å². The second-order valence-corrected chi connectivity index (χ2v) is 4.38. The van der Waals surface area contributed by atoms with Gasteiger partial charge in [0.1, 0.15) is 0 Å². The summed E-state index contributed by atoms with van der Waals surface area (Å²) in [4.78, 5) is 13.9. The lowest BCUT2D eigenvalue weighted by Crippen LogP contribution is -2.31. The maximum Gasteiger partial charge on any atom is 0.257 e. The Morgan fingerprint density at radius 1 is 1.40 bits per heavy atom. The molecule has 80 valence electrons. The first kappa shape index (κ1) is 8.91. The molecule has 2 saturated heterocycles. The summed E-state index contributed by atoms with van der Waals surface area (Å²) < 4.78 is 0. The largest absolute Gasteiger partial charge is 0.338 e.